The molecule has 3 aromatic rings. The number of hydrogen-bond acceptors (Lipinski definition) is 4. The van der Waals surface area contributed by atoms with Crippen molar-refractivity contribution in [2.75, 3.05) is 7.11 Å². The molecule has 0 amide bonds. The Labute approximate surface area is 155 Å². The molecule has 2 aromatic carbocycles. The molecule has 0 unspecified atom stereocenters. The van der Waals surface area contributed by atoms with Crippen molar-refractivity contribution in [3.05, 3.63) is 58.9 Å². The number of halogens is 2. The number of aromatic nitrogens is 3. The van der Waals surface area contributed by atoms with Gasteiger partial charge in [0.15, 0.2) is 11.0 Å². The van der Waals surface area contributed by atoms with Gasteiger partial charge in [-0.1, -0.05) is 41.6 Å². The summed E-state index contributed by atoms with van der Waals surface area (Å²) < 4.78 is 21.3. The van der Waals surface area contributed by atoms with E-state index in [2.05, 4.69) is 10.2 Å². The van der Waals surface area contributed by atoms with Crippen LogP contribution in [0.5, 0.6) is 5.75 Å². The molecule has 0 aliphatic heterocycles. The van der Waals surface area contributed by atoms with Gasteiger partial charge in [-0.05, 0) is 31.2 Å². The lowest BCUT2D eigenvalue weighted by atomic mass is 10.2. The van der Waals surface area contributed by atoms with E-state index in [9.17, 15) is 4.39 Å². The van der Waals surface area contributed by atoms with Crippen LogP contribution >= 0.6 is 23.4 Å². The summed E-state index contributed by atoms with van der Waals surface area (Å²) in [6.45, 7) is 2.70. The second-order valence-electron chi connectivity index (χ2n) is 5.24. The van der Waals surface area contributed by atoms with Crippen molar-refractivity contribution in [1.29, 1.82) is 0 Å². The fourth-order valence-corrected chi connectivity index (χ4v) is 3.86. The minimum Gasteiger partial charge on any atom is -0.496 e. The molecular formula is C18H17ClFN3OS. The quantitative estimate of drug-likeness (QED) is 0.563. The minimum atomic E-state index is -0.312. The maximum atomic E-state index is 13.9. The summed E-state index contributed by atoms with van der Waals surface area (Å²) >= 11 is 7.50. The summed E-state index contributed by atoms with van der Waals surface area (Å²) in [6, 6.07) is 12.4. The van der Waals surface area contributed by atoms with Crippen LogP contribution in [0, 0.1) is 5.82 Å². The van der Waals surface area contributed by atoms with E-state index in [-0.39, 0.29) is 5.82 Å². The normalized spacial score (nSPS) is 10.9. The molecule has 0 aliphatic rings. The van der Waals surface area contributed by atoms with Crippen molar-refractivity contribution in [1.82, 2.24) is 14.8 Å². The van der Waals surface area contributed by atoms with Gasteiger partial charge < -0.3 is 9.30 Å². The molecule has 0 fully saturated rings. The average molecular weight is 378 g/mol. The molecule has 0 N–H and O–H groups in total. The molecule has 0 atom stereocenters. The SMILES string of the molecule is CCn1c(SCc2c(F)cccc2Cl)nnc1-c1ccccc1OC. The highest BCUT2D eigenvalue weighted by Crippen LogP contribution is 2.33. The Morgan fingerprint density at radius 1 is 1.16 bits per heavy atom. The van der Waals surface area contributed by atoms with Gasteiger partial charge in [-0.2, -0.15) is 0 Å². The van der Waals surface area contributed by atoms with E-state index >= 15 is 0 Å². The number of hydrogen-bond donors (Lipinski definition) is 0. The van der Waals surface area contributed by atoms with E-state index in [4.69, 9.17) is 16.3 Å². The van der Waals surface area contributed by atoms with Gasteiger partial charge >= 0.3 is 0 Å². The Kier molecular flexibility index (Phi) is 5.60. The molecule has 0 aliphatic carbocycles. The van der Waals surface area contributed by atoms with Crippen molar-refractivity contribution in [2.24, 2.45) is 0 Å². The van der Waals surface area contributed by atoms with Crippen LogP contribution in [-0.2, 0) is 12.3 Å². The molecular weight excluding hydrogens is 361 g/mol. The Hall–Kier alpha value is -2.05. The zero-order chi connectivity index (χ0) is 17.8. The van der Waals surface area contributed by atoms with E-state index in [1.54, 1.807) is 19.2 Å². The van der Waals surface area contributed by atoms with E-state index < -0.39 is 0 Å². The van der Waals surface area contributed by atoms with Gasteiger partial charge in [0.2, 0.25) is 0 Å². The Balaban J connectivity index is 1.90. The van der Waals surface area contributed by atoms with Crippen LogP contribution in [0.2, 0.25) is 5.02 Å². The van der Waals surface area contributed by atoms with Gasteiger partial charge in [-0.3, -0.25) is 0 Å². The monoisotopic (exact) mass is 377 g/mol. The van der Waals surface area contributed by atoms with Crippen LogP contribution in [0.4, 0.5) is 4.39 Å². The summed E-state index contributed by atoms with van der Waals surface area (Å²) in [6.07, 6.45) is 0. The third kappa shape index (κ3) is 3.65. The third-order valence-electron chi connectivity index (χ3n) is 3.79. The molecule has 7 heteroatoms. The Bertz CT molecular complexity index is 864. The second-order valence-corrected chi connectivity index (χ2v) is 6.59. The van der Waals surface area contributed by atoms with E-state index in [1.165, 1.54) is 17.8 Å². The van der Waals surface area contributed by atoms with Gasteiger partial charge in [-0.15, -0.1) is 10.2 Å². The van der Waals surface area contributed by atoms with Gasteiger partial charge in [0.05, 0.1) is 12.7 Å². The molecule has 1 heterocycles. The summed E-state index contributed by atoms with van der Waals surface area (Å²) in [5.74, 6) is 1.53. The Morgan fingerprint density at radius 2 is 1.96 bits per heavy atom. The smallest absolute Gasteiger partial charge is 0.191 e. The topological polar surface area (TPSA) is 39.9 Å². The van der Waals surface area contributed by atoms with Crippen LogP contribution < -0.4 is 4.74 Å². The fourth-order valence-electron chi connectivity index (χ4n) is 2.52. The number of methoxy groups -OCH3 is 1. The van der Waals surface area contributed by atoms with Crippen molar-refractivity contribution in [3.63, 3.8) is 0 Å². The summed E-state index contributed by atoms with van der Waals surface area (Å²) in [4.78, 5) is 0. The molecule has 0 saturated carbocycles. The highest BCUT2D eigenvalue weighted by atomic mass is 35.5. The predicted octanol–water partition coefficient (Wildman–Crippen LogP) is 5.06. The highest BCUT2D eigenvalue weighted by Gasteiger charge is 2.17. The lowest BCUT2D eigenvalue weighted by molar-refractivity contribution is 0.416. The fraction of sp³-hybridized carbons (Fsp3) is 0.222. The second kappa shape index (κ2) is 7.89. The largest absolute Gasteiger partial charge is 0.496 e. The van der Waals surface area contributed by atoms with Crippen molar-refractivity contribution < 1.29 is 9.13 Å². The van der Waals surface area contributed by atoms with Gasteiger partial charge in [0, 0.05) is 22.9 Å². The van der Waals surface area contributed by atoms with Crippen molar-refractivity contribution in [2.45, 2.75) is 24.4 Å². The summed E-state index contributed by atoms with van der Waals surface area (Å²) in [5.41, 5.74) is 1.34. The molecule has 0 saturated heterocycles. The highest BCUT2D eigenvalue weighted by molar-refractivity contribution is 7.98. The first-order valence-electron chi connectivity index (χ1n) is 7.78. The molecule has 0 spiro atoms. The zero-order valence-electron chi connectivity index (χ0n) is 13.9. The summed E-state index contributed by atoms with van der Waals surface area (Å²) in [7, 11) is 1.63. The van der Waals surface area contributed by atoms with Crippen molar-refractivity contribution >= 4 is 23.4 Å². The number of rotatable bonds is 6. The van der Waals surface area contributed by atoms with E-state index in [1.807, 2.05) is 35.8 Å². The average Bonchev–Trinajstić information content (AvgIpc) is 3.04. The first-order chi connectivity index (χ1) is 12.2. The van der Waals surface area contributed by atoms with Gasteiger partial charge in [0.25, 0.3) is 0 Å². The molecule has 25 heavy (non-hydrogen) atoms. The maximum Gasteiger partial charge on any atom is 0.191 e. The molecule has 0 radical (unpaired) electrons. The predicted molar refractivity (Wildman–Crippen MR) is 98.7 cm³/mol. The minimum absolute atomic E-state index is 0.312. The lowest BCUT2D eigenvalue weighted by Crippen LogP contribution is -2.01. The molecule has 3 rings (SSSR count). The first-order valence-corrected chi connectivity index (χ1v) is 9.14. The number of thioether (sulfide) groups is 1. The number of nitrogens with zero attached hydrogens (tertiary/aromatic N) is 3. The van der Waals surface area contributed by atoms with E-state index in [0.29, 0.717) is 28.0 Å². The molecule has 4 nitrogen and oxygen atoms in total. The number of ether oxygens (including phenoxy) is 1. The van der Waals surface area contributed by atoms with E-state index in [0.717, 1.165) is 17.1 Å². The Morgan fingerprint density at radius 3 is 2.68 bits per heavy atom. The van der Waals surface area contributed by atoms with Crippen LogP contribution in [0.25, 0.3) is 11.4 Å². The van der Waals surface area contributed by atoms with Crippen LogP contribution in [0.3, 0.4) is 0 Å². The van der Waals surface area contributed by atoms with Crippen LogP contribution in [0.1, 0.15) is 12.5 Å². The van der Waals surface area contributed by atoms with Crippen LogP contribution in [-0.4, -0.2) is 21.9 Å². The van der Waals surface area contributed by atoms with Gasteiger partial charge in [-0.25, -0.2) is 4.39 Å². The molecule has 0 bridgehead atoms. The standard InChI is InChI=1S/C18H17ClFN3OS/c1-3-23-17(12-7-4-5-10-16(12)24-2)21-22-18(23)25-11-13-14(19)8-6-9-15(13)20/h4-10H,3,11H2,1-2H3. The molecule has 1 aromatic heterocycles. The summed E-state index contributed by atoms with van der Waals surface area (Å²) in [5, 5.41) is 9.70. The molecule has 130 valence electrons. The third-order valence-corrected chi connectivity index (χ3v) is 5.14. The lowest BCUT2D eigenvalue weighted by Gasteiger charge is -2.10. The van der Waals surface area contributed by atoms with Crippen LogP contribution in [0.15, 0.2) is 47.6 Å². The van der Waals surface area contributed by atoms with Gasteiger partial charge in [0.1, 0.15) is 11.6 Å². The number of benzene rings is 2. The zero-order valence-corrected chi connectivity index (χ0v) is 15.4. The number of para-hydroxylation sites is 1. The first kappa shape index (κ1) is 17.8. The maximum absolute atomic E-state index is 13.9. The van der Waals surface area contributed by atoms with Crippen molar-refractivity contribution in [3.8, 4) is 17.1 Å².